The molecular formula is C28H32F3N5O3. The van der Waals surface area contributed by atoms with Gasteiger partial charge in [-0.2, -0.15) is 13.2 Å². The van der Waals surface area contributed by atoms with Gasteiger partial charge in [0, 0.05) is 44.3 Å². The van der Waals surface area contributed by atoms with Gasteiger partial charge in [0.25, 0.3) is 0 Å². The van der Waals surface area contributed by atoms with Crippen LogP contribution in [-0.4, -0.2) is 53.3 Å². The number of amides is 3. The second-order valence-corrected chi connectivity index (χ2v) is 9.04. The minimum absolute atomic E-state index is 0.000239. The van der Waals surface area contributed by atoms with Crippen LogP contribution >= 0.6 is 0 Å². The second-order valence-electron chi connectivity index (χ2n) is 9.04. The summed E-state index contributed by atoms with van der Waals surface area (Å²) < 4.78 is 38.9. The van der Waals surface area contributed by atoms with Crippen molar-refractivity contribution in [1.29, 1.82) is 0 Å². The number of alkyl halides is 3. The largest absolute Gasteiger partial charge is 0.416 e. The first-order valence-corrected chi connectivity index (χ1v) is 12.7. The molecule has 0 saturated heterocycles. The molecule has 3 aromatic rings. The van der Waals surface area contributed by atoms with Crippen molar-refractivity contribution < 1.29 is 27.6 Å². The molecular weight excluding hydrogens is 511 g/mol. The topological polar surface area (TPSA) is 117 Å². The fourth-order valence-electron chi connectivity index (χ4n) is 4.08. The van der Waals surface area contributed by atoms with Crippen molar-refractivity contribution in [2.24, 2.45) is 5.73 Å². The van der Waals surface area contributed by atoms with Crippen molar-refractivity contribution in [3.05, 3.63) is 71.9 Å². The first-order valence-electron chi connectivity index (χ1n) is 12.7. The highest BCUT2D eigenvalue weighted by molar-refractivity contribution is 5.98. The fourth-order valence-corrected chi connectivity index (χ4v) is 4.08. The molecule has 0 radical (unpaired) electrons. The normalized spacial score (nSPS) is 12.1. The molecule has 8 nitrogen and oxygen atoms in total. The Hall–Kier alpha value is -3.99. The molecule has 0 spiro atoms. The number of nitrogens with one attached hydrogen (secondary N) is 2. The summed E-state index contributed by atoms with van der Waals surface area (Å²) in [5, 5.41) is 6.21. The molecule has 0 saturated carbocycles. The highest BCUT2D eigenvalue weighted by atomic mass is 19.4. The van der Waals surface area contributed by atoms with Gasteiger partial charge in [0.15, 0.2) is 0 Å². The Kier molecular flexibility index (Phi) is 10.4. The Labute approximate surface area is 224 Å². The van der Waals surface area contributed by atoms with E-state index in [1.165, 1.54) is 18.3 Å². The summed E-state index contributed by atoms with van der Waals surface area (Å²) in [6, 6.07) is 12.5. The molecule has 0 fully saturated rings. The van der Waals surface area contributed by atoms with Gasteiger partial charge in [0.2, 0.25) is 17.7 Å². The van der Waals surface area contributed by atoms with E-state index in [2.05, 4.69) is 15.6 Å². The Morgan fingerprint density at radius 2 is 1.77 bits per heavy atom. The lowest BCUT2D eigenvalue weighted by Crippen LogP contribution is -2.45. The number of carbonyl (C=O) groups excluding carboxylic acids is 3. The van der Waals surface area contributed by atoms with Crippen LogP contribution in [-0.2, 0) is 27.0 Å². The molecule has 1 aromatic heterocycles. The van der Waals surface area contributed by atoms with Crippen molar-refractivity contribution in [2.75, 3.05) is 25.0 Å². The molecule has 39 heavy (non-hydrogen) atoms. The predicted molar refractivity (Wildman–Crippen MR) is 143 cm³/mol. The van der Waals surface area contributed by atoms with Crippen LogP contribution in [0.15, 0.2) is 60.8 Å². The second kappa shape index (κ2) is 13.7. The van der Waals surface area contributed by atoms with Gasteiger partial charge < -0.3 is 21.3 Å². The maximum atomic E-state index is 13.2. The summed E-state index contributed by atoms with van der Waals surface area (Å²) in [6.45, 7) is 3.13. The molecule has 1 atom stereocenters. The van der Waals surface area contributed by atoms with E-state index in [4.69, 9.17) is 5.73 Å². The monoisotopic (exact) mass is 543 g/mol. The van der Waals surface area contributed by atoms with Crippen LogP contribution in [0.4, 0.5) is 18.9 Å². The highest BCUT2D eigenvalue weighted by Gasteiger charge is 2.30. The zero-order chi connectivity index (χ0) is 28.4. The van der Waals surface area contributed by atoms with Crippen LogP contribution in [0.3, 0.4) is 0 Å². The average Bonchev–Trinajstić information content (AvgIpc) is 2.91. The lowest BCUT2D eigenvalue weighted by atomic mass is 10.0. The third-order valence-electron chi connectivity index (χ3n) is 6.16. The maximum absolute atomic E-state index is 13.2. The van der Waals surface area contributed by atoms with Crippen LogP contribution in [0.5, 0.6) is 0 Å². The van der Waals surface area contributed by atoms with Crippen molar-refractivity contribution >= 4 is 34.3 Å². The molecule has 0 unspecified atom stereocenters. The Morgan fingerprint density at radius 1 is 1.05 bits per heavy atom. The fraction of sp³-hybridized carbons (Fsp3) is 0.357. The van der Waals surface area contributed by atoms with Crippen molar-refractivity contribution in [3.8, 4) is 0 Å². The minimum Gasteiger partial charge on any atom is -0.344 e. The van der Waals surface area contributed by atoms with Crippen LogP contribution < -0.4 is 16.4 Å². The van der Waals surface area contributed by atoms with E-state index in [1.807, 2.05) is 31.2 Å². The summed E-state index contributed by atoms with van der Waals surface area (Å²) in [5.74, 6) is -1.11. The van der Waals surface area contributed by atoms with Crippen molar-refractivity contribution in [3.63, 3.8) is 0 Å². The Balaban J connectivity index is 1.69. The molecule has 3 rings (SSSR count). The number of aromatic nitrogens is 1. The van der Waals surface area contributed by atoms with E-state index in [-0.39, 0.29) is 31.6 Å². The zero-order valence-corrected chi connectivity index (χ0v) is 21.6. The number of pyridine rings is 1. The number of nitrogens with two attached hydrogens (primary N) is 1. The van der Waals surface area contributed by atoms with Gasteiger partial charge in [-0.15, -0.1) is 0 Å². The van der Waals surface area contributed by atoms with E-state index in [0.717, 1.165) is 23.0 Å². The number of anilines is 1. The lowest BCUT2D eigenvalue weighted by molar-refractivity contribution is -0.137. The summed E-state index contributed by atoms with van der Waals surface area (Å²) in [7, 11) is 0. The van der Waals surface area contributed by atoms with Crippen LogP contribution in [0, 0.1) is 0 Å². The summed E-state index contributed by atoms with van der Waals surface area (Å²) in [6.07, 6.45) is -2.60. The molecule has 208 valence electrons. The van der Waals surface area contributed by atoms with Gasteiger partial charge in [-0.25, -0.2) is 0 Å². The summed E-state index contributed by atoms with van der Waals surface area (Å²) in [4.78, 5) is 44.1. The number of rotatable bonds is 12. The van der Waals surface area contributed by atoms with Gasteiger partial charge >= 0.3 is 6.18 Å². The first kappa shape index (κ1) is 29.6. The number of likely N-dealkylation sites (N-methyl/N-ethyl adjacent to an activating group) is 1. The van der Waals surface area contributed by atoms with Gasteiger partial charge in [-0.3, -0.25) is 19.4 Å². The van der Waals surface area contributed by atoms with Crippen molar-refractivity contribution in [1.82, 2.24) is 15.2 Å². The van der Waals surface area contributed by atoms with Gasteiger partial charge in [0.05, 0.1) is 23.0 Å². The van der Waals surface area contributed by atoms with Gasteiger partial charge in [-0.1, -0.05) is 30.3 Å². The highest BCUT2D eigenvalue weighted by Crippen LogP contribution is 2.29. The molecule has 3 amide bonds. The average molecular weight is 544 g/mol. The van der Waals surface area contributed by atoms with Gasteiger partial charge in [-0.05, 0) is 43.2 Å². The van der Waals surface area contributed by atoms with Crippen LogP contribution in [0.2, 0.25) is 0 Å². The predicted octanol–water partition coefficient (Wildman–Crippen LogP) is 3.90. The number of benzene rings is 2. The zero-order valence-electron chi connectivity index (χ0n) is 21.6. The Bertz CT molecular complexity index is 1280. The number of hydrogen-bond donors (Lipinski definition) is 3. The maximum Gasteiger partial charge on any atom is 0.416 e. The molecule has 0 aliphatic heterocycles. The third kappa shape index (κ3) is 8.78. The molecule has 11 heteroatoms. The lowest BCUT2D eigenvalue weighted by Gasteiger charge is -2.21. The Morgan fingerprint density at radius 3 is 2.44 bits per heavy atom. The summed E-state index contributed by atoms with van der Waals surface area (Å²) >= 11 is 0. The number of hydrogen-bond acceptors (Lipinski definition) is 5. The van der Waals surface area contributed by atoms with Gasteiger partial charge in [0.1, 0.15) is 6.04 Å². The molecule has 1 heterocycles. The van der Waals surface area contributed by atoms with Crippen molar-refractivity contribution in [2.45, 2.75) is 44.8 Å². The first-order chi connectivity index (χ1) is 18.6. The SMILES string of the molecule is CCN(CCN)C(=O)CCCC(=O)N[C@H](Cc1ccc(C(F)(F)F)cc1)C(=O)Nc1cnc2ccccc2c1. The van der Waals surface area contributed by atoms with Crippen LogP contribution in [0.25, 0.3) is 10.9 Å². The number of carbonyl (C=O) groups is 3. The van der Waals surface area contributed by atoms with E-state index in [1.54, 1.807) is 11.0 Å². The standard InChI is InChI=1S/C28H32F3N5O3/c1-2-36(15-14-32)26(38)9-5-8-25(37)35-24(16-19-10-12-21(13-11-19)28(29,30)31)27(39)34-22-17-20-6-3-4-7-23(20)33-18-22/h3-4,6-7,10-13,17-18,24H,2,5,8-9,14-16,32H2,1H3,(H,34,39)(H,35,37)/t24-/m1/s1. The molecule has 0 bridgehead atoms. The number of halogens is 3. The van der Waals surface area contributed by atoms with E-state index >= 15 is 0 Å². The molecule has 0 aliphatic rings. The number of fused-ring (bicyclic) bond motifs is 1. The van der Waals surface area contributed by atoms with E-state index in [0.29, 0.717) is 30.9 Å². The molecule has 0 aliphatic carbocycles. The minimum atomic E-state index is -4.48. The van der Waals surface area contributed by atoms with E-state index < -0.39 is 29.6 Å². The molecule has 2 aromatic carbocycles. The number of nitrogens with zero attached hydrogens (tertiary/aromatic N) is 2. The number of para-hydroxylation sites is 1. The van der Waals surface area contributed by atoms with E-state index in [9.17, 15) is 27.6 Å². The molecule has 4 N–H and O–H groups in total. The van der Waals surface area contributed by atoms with Crippen LogP contribution in [0.1, 0.15) is 37.3 Å². The quantitative estimate of drug-likeness (QED) is 0.320. The summed E-state index contributed by atoms with van der Waals surface area (Å²) in [5.41, 5.74) is 6.31. The smallest absolute Gasteiger partial charge is 0.344 e. The third-order valence-corrected chi connectivity index (χ3v) is 6.16.